The SMILES string of the molecule is CCC(Cc1cccc(F)c1Cl)C(C)Br. The fourth-order valence-corrected chi connectivity index (χ4v) is 2.38. The van der Waals surface area contributed by atoms with Crippen molar-refractivity contribution >= 4 is 27.5 Å². The van der Waals surface area contributed by atoms with Crippen molar-refractivity contribution in [3.05, 3.63) is 34.6 Å². The zero-order chi connectivity index (χ0) is 11.4. The molecule has 0 heterocycles. The van der Waals surface area contributed by atoms with E-state index in [4.69, 9.17) is 11.6 Å². The summed E-state index contributed by atoms with van der Waals surface area (Å²) in [5.41, 5.74) is 0.898. The molecule has 0 saturated carbocycles. The first-order chi connectivity index (χ1) is 7.06. The van der Waals surface area contributed by atoms with Crippen molar-refractivity contribution < 1.29 is 4.39 Å². The average Bonchev–Trinajstić information content (AvgIpc) is 2.19. The molecule has 0 nitrogen and oxygen atoms in total. The quantitative estimate of drug-likeness (QED) is 0.697. The third kappa shape index (κ3) is 3.46. The van der Waals surface area contributed by atoms with E-state index in [1.54, 1.807) is 6.07 Å². The summed E-state index contributed by atoms with van der Waals surface area (Å²) < 4.78 is 13.2. The molecule has 0 N–H and O–H groups in total. The Balaban J connectivity index is 2.84. The molecule has 0 saturated heterocycles. The van der Waals surface area contributed by atoms with Gasteiger partial charge in [0.2, 0.25) is 0 Å². The Kier molecular flexibility index (Phi) is 5.07. The van der Waals surface area contributed by atoms with E-state index in [9.17, 15) is 4.39 Å². The summed E-state index contributed by atoms with van der Waals surface area (Å²) in [4.78, 5) is 0.418. The summed E-state index contributed by atoms with van der Waals surface area (Å²) >= 11 is 9.47. The number of alkyl halides is 1. The fraction of sp³-hybridized carbons (Fsp3) is 0.500. The third-order valence-corrected chi connectivity index (χ3v) is 3.86. The van der Waals surface area contributed by atoms with E-state index in [2.05, 4.69) is 29.8 Å². The average molecular weight is 294 g/mol. The van der Waals surface area contributed by atoms with Gasteiger partial charge in [0.05, 0.1) is 5.02 Å². The van der Waals surface area contributed by atoms with Gasteiger partial charge in [-0.25, -0.2) is 4.39 Å². The van der Waals surface area contributed by atoms with Crippen LogP contribution < -0.4 is 0 Å². The van der Waals surface area contributed by atoms with Crippen LogP contribution in [-0.2, 0) is 6.42 Å². The number of hydrogen-bond acceptors (Lipinski definition) is 0. The lowest BCUT2D eigenvalue weighted by Crippen LogP contribution is -2.13. The summed E-state index contributed by atoms with van der Waals surface area (Å²) in [7, 11) is 0. The predicted molar refractivity (Wildman–Crippen MR) is 67.3 cm³/mol. The normalized spacial score (nSPS) is 15.0. The van der Waals surface area contributed by atoms with Gasteiger partial charge in [-0.1, -0.05) is 59.9 Å². The monoisotopic (exact) mass is 292 g/mol. The number of rotatable bonds is 4. The van der Waals surface area contributed by atoms with Crippen LogP contribution in [0.15, 0.2) is 18.2 Å². The van der Waals surface area contributed by atoms with Gasteiger partial charge in [-0.05, 0) is 24.0 Å². The first kappa shape index (κ1) is 13.0. The van der Waals surface area contributed by atoms with E-state index in [1.807, 2.05) is 6.07 Å². The van der Waals surface area contributed by atoms with Gasteiger partial charge in [0.15, 0.2) is 0 Å². The summed E-state index contributed by atoms with van der Waals surface area (Å²) in [6, 6.07) is 5.00. The van der Waals surface area contributed by atoms with Gasteiger partial charge >= 0.3 is 0 Å². The Morgan fingerprint density at radius 2 is 2.13 bits per heavy atom. The number of halogens is 3. The van der Waals surface area contributed by atoms with Crippen LogP contribution in [0.25, 0.3) is 0 Å². The lowest BCUT2D eigenvalue weighted by molar-refractivity contribution is 0.506. The molecule has 0 spiro atoms. The zero-order valence-corrected chi connectivity index (χ0v) is 11.3. The molecule has 1 rings (SSSR count). The summed E-state index contributed by atoms with van der Waals surface area (Å²) in [5.74, 6) is 0.163. The lowest BCUT2D eigenvalue weighted by atomic mass is 9.94. The van der Waals surface area contributed by atoms with E-state index in [1.165, 1.54) is 6.07 Å². The second-order valence-corrected chi connectivity index (χ2v) is 5.59. The van der Waals surface area contributed by atoms with Gasteiger partial charge in [0.1, 0.15) is 5.82 Å². The molecule has 0 amide bonds. The minimum atomic E-state index is -0.328. The topological polar surface area (TPSA) is 0 Å². The summed E-state index contributed by atoms with van der Waals surface area (Å²) in [5, 5.41) is 0.268. The van der Waals surface area contributed by atoms with Crippen molar-refractivity contribution in [2.45, 2.75) is 31.5 Å². The van der Waals surface area contributed by atoms with Crippen LogP contribution in [0.3, 0.4) is 0 Å². The van der Waals surface area contributed by atoms with E-state index >= 15 is 0 Å². The Hall–Kier alpha value is -0.0800. The van der Waals surface area contributed by atoms with Crippen LogP contribution >= 0.6 is 27.5 Å². The lowest BCUT2D eigenvalue weighted by Gasteiger charge is -2.18. The molecular formula is C12H15BrClF. The van der Waals surface area contributed by atoms with Crippen molar-refractivity contribution in [2.75, 3.05) is 0 Å². The molecule has 0 aliphatic heterocycles. The van der Waals surface area contributed by atoms with Crippen molar-refractivity contribution in [2.24, 2.45) is 5.92 Å². The molecule has 1 aromatic rings. The maximum absolute atomic E-state index is 13.2. The second kappa shape index (κ2) is 5.86. The summed E-state index contributed by atoms with van der Waals surface area (Å²) in [6.07, 6.45) is 1.87. The van der Waals surface area contributed by atoms with Crippen molar-refractivity contribution in [3.63, 3.8) is 0 Å². The largest absolute Gasteiger partial charge is 0.205 e. The highest BCUT2D eigenvalue weighted by Gasteiger charge is 2.15. The minimum absolute atomic E-state index is 0.268. The summed E-state index contributed by atoms with van der Waals surface area (Å²) in [6.45, 7) is 4.25. The van der Waals surface area contributed by atoms with E-state index in [0.29, 0.717) is 10.7 Å². The Labute approximate surface area is 104 Å². The molecule has 0 fully saturated rings. The molecule has 1 aromatic carbocycles. The maximum Gasteiger partial charge on any atom is 0.142 e. The highest BCUT2D eigenvalue weighted by molar-refractivity contribution is 9.09. The molecule has 2 unspecified atom stereocenters. The van der Waals surface area contributed by atoms with E-state index in [-0.39, 0.29) is 10.8 Å². The second-order valence-electron chi connectivity index (χ2n) is 3.76. The van der Waals surface area contributed by atoms with Crippen molar-refractivity contribution in [1.82, 2.24) is 0 Å². The Bertz CT molecular complexity index is 325. The molecule has 15 heavy (non-hydrogen) atoms. The van der Waals surface area contributed by atoms with Crippen LogP contribution in [0.1, 0.15) is 25.8 Å². The molecule has 0 aliphatic rings. The highest BCUT2D eigenvalue weighted by atomic mass is 79.9. The van der Waals surface area contributed by atoms with Crippen LogP contribution in [0.2, 0.25) is 5.02 Å². The molecule has 84 valence electrons. The number of hydrogen-bond donors (Lipinski definition) is 0. The molecule has 3 heteroatoms. The predicted octanol–water partition coefficient (Wildman–Crippen LogP) is 4.83. The minimum Gasteiger partial charge on any atom is -0.205 e. The third-order valence-electron chi connectivity index (χ3n) is 2.69. The molecule has 0 bridgehead atoms. The molecule has 0 aromatic heterocycles. The van der Waals surface area contributed by atoms with Gasteiger partial charge in [0.25, 0.3) is 0 Å². The van der Waals surface area contributed by atoms with Gasteiger partial charge in [-0.2, -0.15) is 0 Å². The number of benzene rings is 1. The van der Waals surface area contributed by atoms with E-state index < -0.39 is 0 Å². The van der Waals surface area contributed by atoms with Gasteiger partial charge in [-0.3, -0.25) is 0 Å². The van der Waals surface area contributed by atoms with Crippen LogP contribution in [0.4, 0.5) is 4.39 Å². The fourth-order valence-electron chi connectivity index (χ4n) is 1.62. The molecular weight excluding hydrogens is 278 g/mol. The molecule has 0 radical (unpaired) electrons. The van der Waals surface area contributed by atoms with Crippen LogP contribution in [0.5, 0.6) is 0 Å². The molecule has 2 atom stereocenters. The first-order valence-electron chi connectivity index (χ1n) is 5.13. The molecule has 0 aliphatic carbocycles. The standard InChI is InChI=1S/C12H15BrClF/c1-3-9(8(2)13)7-10-5-4-6-11(15)12(10)14/h4-6,8-9H,3,7H2,1-2H3. The van der Waals surface area contributed by atoms with E-state index in [0.717, 1.165) is 18.4 Å². The van der Waals surface area contributed by atoms with Crippen LogP contribution in [0, 0.1) is 11.7 Å². The zero-order valence-electron chi connectivity index (χ0n) is 8.93. The van der Waals surface area contributed by atoms with Crippen molar-refractivity contribution in [1.29, 1.82) is 0 Å². The Morgan fingerprint density at radius 1 is 1.47 bits per heavy atom. The van der Waals surface area contributed by atoms with Crippen LogP contribution in [-0.4, -0.2) is 4.83 Å². The highest BCUT2D eigenvalue weighted by Crippen LogP contribution is 2.26. The first-order valence-corrected chi connectivity index (χ1v) is 6.42. The Morgan fingerprint density at radius 3 is 2.67 bits per heavy atom. The van der Waals surface area contributed by atoms with Gasteiger partial charge in [-0.15, -0.1) is 0 Å². The van der Waals surface area contributed by atoms with Gasteiger partial charge < -0.3 is 0 Å². The van der Waals surface area contributed by atoms with Crippen molar-refractivity contribution in [3.8, 4) is 0 Å². The maximum atomic E-state index is 13.2. The smallest absolute Gasteiger partial charge is 0.142 e. The van der Waals surface area contributed by atoms with Gasteiger partial charge in [0, 0.05) is 4.83 Å².